The van der Waals surface area contributed by atoms with Gasteiger partial charge in [0.1, 0.15) is 5.75 Å². The van der Waals surface area contributed by atoms with Gasteiger partial charge >= 0.3 is 0 Å². The van der Waals surface area contributed by atoms with Gasteiger partial charge in [-0.3, -0.25) is 4.79 Å². The summed E-state index contributed by atoms with van der Waals surface area (Å²) in [6, 6.07) is 9.70. The zero-order chi connectivity index (χ0) is 21.6. The highest BCUT2D eigenvalue weighted by molar-refractivity contribution is 7.89. The molecule has 0 bridgehead atoms. The molecule has 2 aromatic carbocycles. The van der Waals surface area contributed by atoms with Crippen molar-refractivity contribution in [3.05, 3.63) is 42.0 Å². The van der Waals surface area contributed by atoms with Crippen LogP contribution < -0.4 is 19.5 Å². The molecule has 2 rings (SSSR count). The van der Waals surface area contributed by atoms with E-state index in [2.05, 4.69) is 5.32 Å². The number of benzene rings is 2. The summed E-state index contributed by atoms with van der Waals surface area (Å²) < 4.78 is 41.6. The number of rotatable bonds is 9. The molecule has 0 atom stereocenters. The Morgan fingerprint density at radius 1 is 0.931 bits per heavy atom. The van der Waals surface area contributed by atoms with Gasteiger partial charge < -0.3 is 19.5 Å². The van der Waals surface area contributed by atoms with Crippen molar-refractivity contribution in [3.8, 4) is 17.2 Å². The molecule has 0 saturated carbocycles. The molecule has 8 nitrogen and oxygen atoms in total. The summed E-state index contributed by atoms with van der Waals surface area (Å²) in [5, 5.41) is 2.80. The van der Waals surface area contributed by atoms with Crippen LogP contribution in [0, 0.1) is 0 Å². The van der Waals surface area contributed by atoms with Gasteiger partial charge in [-0.15, -0.1) is 0 Å². The Morgan fingerprint density at radius 3 is 2.14 bits per heavy atom. The van der Waals surface area contributed by atoms with Crippen molar-refractivity contribution in [2.75, 3.05) is 40.7 Å². The Labute approximate surface area is 171 Å². The molecule has 2 aromatic rings. The fourth-order valence-corrected chi connectivity index (χ4v) is 3.66. The lowest BCUT2D eigenvalue weighted by Gasteiger charge is -2.15. The van der Waals surface area contributed by atoms with Crippen molar-refractivity contribution in [2.45, 2.75) is 17.7 Å². The Balaban J connectivity index is 2.13. The molecule has 0 aliphatic heterocycles. The van der Waals surface area contributed by atoms with Crippen LogP contribution in [0.2, 0.25) is 0 Å². The van der Waals surface area contributed by atoms with E-state index in [1.54, 1.807) is 24.3 Å². The van der Waals surface area contributed by atoms with Crippen LogP contribution >= 0.6 is 0 Å². The predicted molar refractivity (Wildman–Crippen MR) is 110 cm³/mol. The van der Waals surface area contributed by atoms with Crippen LogP contribution in [0.5, 0.6) is 17.2 Å². The van der Waals surface area contributed by atoms with Crippen molar-refractivity contribution in [1.82, 2.24) is 4.31 Å². The number of nitrogens with zero attached hydrogens (tertiary/aromatic N) is 1. The summed E-state index contributed by atoms with van der Waals surface area (Å²) in [4.78, 5) is 12.5. The van der Waals surface area contributed by atoms with Crippen LogP contribution in [0.25, 0.3) is 0 Å². The van der Waals surface area contributed by atoms with Crippen molar-refractivity contribution in [3.63, 3.8) is 0 Å². The standard InChI is InChI=1S/C20H26N2O6S/c1-22(2)29(24,25)16-8-10-17(26-3)14(12-16)6-11-20(23)21-15-7-9-18(27-4)19(13-15)28-5/h7-10,12-13H,6,11H2,1-5H3,(H,21,23). The minimum Gasteiger partial charge on any atom is -0.496 e. The normalized spacial score (nSPS) is 11.2. The van der Waals surface area contributed by atoms with Gasteiger partial charge in [-0.25, -0.2) is 12.7 Å². The third kappa shape index (κ3) is 5.39. The molecule has 0 spiro atoms. The van der Waals surface area contributed by atoms with Crippen molar-refractivity contribution in [1.29, 1.82) is 0 Å². The molecule has 0 unspecified atom stereocenters. The minimum absolute atomic E-state index is 0.149. The lowest BCUT2D eigenvalue weighted by molar-refractivity contribution is -0.116. The molecule has 0 heterocycles. The Bertz CT molecular complexity index is 973. The number of hydrogen-bond acceptors (Lipinski definition) is 6. The number of anilines is 1. The molecular weight excluding hydrogens is 396 g/mol. The van der Waals surface area contributed by atoms with Crippen LogP contribution in [0.3, 0.4) is 0 Å². The van der Waals surface area contributed by atoms with Crippen molar-refractivity contribution >= 4 is 21.6 Å². The Morgan fingerprint density at radius 2 is 1.55 bits per heavy atom. The molecule has 1 N–H and O–H groups in total. The summed E-state index contributed by atoms with van der Waals surface area (Å²) in [5.41, 5.74) is 1.21. The number of nitrogens with one attached hydrogen (secondary N) is 1. The summed E-state index contributed by atoms with van der Waals surface area (Å²) in [6.07, 6.45) is 0.468. The quantitative estimate of drug-likeness (QED) is 0.667. The average Bonchev–Trinajstić information content (AvgIpc) is 2.71. The molecule has 29 heavy (non-hydrogen) atoms. The maximum Gasteiger partial charge on any atom is 0.242 e. The fraction of sp³-hybridized carbons (Fsp3) is 0.350. The van der Waals surface area contributed by atoms with Gasteiger partial charge in [0.25, 0.3) is 0 Å². The van der Waals surface area contributed by atoms with Crippen LogP contribution in [0.1, 0.15) is 12.0 Å². The van der Waals surface area contributed by atoms with Crippen LogP contribution in [0.4, 0.5) is 5.69 Å². The molecule has 0 radical (unpaired) electrons. The first kappa shape index (κ1) is 22.5. The van der Waals surface area contributed by atoms with E-state index in [0.29, 0.717) is 34.9 Å². The number of amides is 1. The first-order chi connectivity index (χ1) is 13.7. The van der Waals surface area contributed by atoms with Gasteiger partial charge in [0.2, 0.25) is 15.9 Å². The number of methoxy groups -OCH3 is 3. The lowest BCUT2D eigenvalue weighted by atomic mass is 10.1. The highest BCUT2D eigenvalue weighted by Crippen LogP contribution is 2.30. The van der Waals surface area contributed by atoms with E-state index >= 15 is 0 Å². The second-order valence-corrected chi connectivity index (χ2v) is 8.53. The van der Waals surface area contributed by atoms with Crippen LogP contribution in [-0.4, -0.2) is 54.1 Å². The summed E-state index contributed by atoms with van der Waals surface area (Å²) in [6.45, 7) is 0. The highest BCUT2D eigenvalue weighted by Gasteiger charge is 2.19. The van der Waals surface area contributed by atoms with Gasteiger partial charge in [0.15, 0.2) is 11.5 Å². The number of carbonyl (C=O) groups excluding carboxylic acids is 1. The molecule has 0 aliphatic carbocycles. The number of ether oxygens (including phenoxy) is 3. The molecule has 9 heteroatoms. The molecule has 0 aliphatic rings. The van der Waals surface area contributed by atoms with Gasteiger partial charge in [-0.1, -0.05) is 0 Å². The topological polar surface area (TPSA) is 94.2 Å². The average molecular weight is 423 g/mol. The van der Waals surface area contributed by atoms with E-state index in [-0.39, 0.29) is 17.2 Å². The van der Waals surface area contributed by atoms with Gasteiger partial charge in [0.05, 0.1) is 26.2 Å². The molecule has 0 fully saturated rings. The molecule has 0 saturated heterocycles. The first-order valence-electron chi connectivity index (χ1n) is 8.84. The smallest absolute Gasteiger partial charge is 0.242 e. The first-order valence-corrected chi connectivity index (χ1v) is 10.3. The molecule has 158 valence electrons. The SMILES string of the molecule is COc1ccc(S(=O)(=O)N(C)C)cc1CCC(=O)Nc1ccc(OC)c(OC)c1. The van der Waals surface area contributed by atoms with E-state index in [1.165, 1.54) is 47.6 Å². The zero-order valence-corrected chi connectivity index (χ0v) is 18.0. The van der Waals surface area contributed by atoms with E-state index in [0.717, 1.165) is 4.31 Å². The monoisotopic (exact) mass is 422 g/mol. The number of aryl methyl sites for hydroxylation is 1. The van der Waals surface area contributed by atoms with Crippen LogP contribution in [-0.2, 0) is 21.2 Å². The van der Waals surface area contributed by atoms with Crippen molar-refractivity contribution in [2.24, 2.45) is 0 Å². The summed E-state index contributed by atoms with van der Waals surface area (Å²) in [5.74, 6) is 1.38. The third-order valence-electron chi connectivity index (χ3n) is 4.32. The second kappa shape index (κ2) is 9.62. The largest absolute Gasteiger partial charge is 0.496 e. The molecular formula is C20H26N2O6S. The second-order valence-electron chi connectivity index (χ2n) is 6.38. The molecule has 0 aromatic heterocycles. The van der Waals surface area contributed by atoms with Gasteiger partial charge in [-0.05, 0) is 42.3 Å². The summed E-state index contributed by atoms with van der Waals surface area (Å²) >= 11 is 0. The summed E-state index contributed by atoms with van der Waals surface area (Å²) in [7, 11) is 3.92. The lowest BCUT2D eigenvalue weighted by Crippen LogP contribution is -2.22. The minimum atomic E-state index is -3.57. The Hall–Kier alpha value is -2.78. The highest BCUT2D eigenvalue weighted by atomic mass is 32.2. The van der Waals surface area contributed by atoms with E-state index in [4.69, 9.17) is 14.2 Å². The number of hydrogen-bond donors (Lipinski definition) is 1. The molecule has 1 amide bonds. The predicted octanol–water partition coefficient (Wildman–Crippen LogP) is 2.53. The fourth-order valence-electron chi connectivity index (χ4n) is 2.71. The zero-order valence-electron chi connectivity index (χ0n) is 17.2. The van der Waals surface area contributed by atoms with E-state index < -0.39 is 10.0 Å². The number of carbonyl (C=O) groups is 1. The van der Waals surface area contributed by atoms with E-state index in [1.807, 2.05) is 0 Å². The van der Waals surface area contributed by atoms with Crippen molar-refractivity contribution < 1.29 is 27.4 Å². The third-order valence-corrected chi connectivity index (χ3v) is 6.13. The number of sulfonamides is 1. The van der Waals surface area contributed by atoms with Gasteiger partial charge in [0, 0.05) is 32.3 Å². The Kier molecular flexibility index (Phi) is 7.46. The van der Waals surface area contributed by atoms with E-state index in [9.17, 15) is 13.2 Å². The van der Waals surface area contributed by atoms with Gasteiger partial charge in [-0.2, -0.15) is 0 Å². The maximum atomic E-state index is 12.4. The maximum absolute atomic E-state index is 12.4. The van der Waals surface area contributed by atoms with Crippen LogP contribution in [0.15, 0.2) is 41.3 Å².